The van der Waals surface area contributed by atoms with Crippen molar-refractivity contribution in [1.82, 2.24) is 34.4 Å². The van der Waals surface area contributed by atoms with Crippen molar-refractivity contribution in [1.29, 1.82) is 0 Å². The van der Waals surface area contributed by atoms with Crippen LogP contribution in [0, 0.1) is 13.8 Å². The molecule has 0 aliphatic carbocycles. The molecule has 0 aliphatic heterocycles. The van der Waals surface area contributed by atoms with E-state index in [9.17, 15) is 4.79 Å². The molecule has 3 aromatic heterocycles. The molecule has 9 nitrogen and oxygen atoms in total. The topological polar surface area (TPSA) is 95.5 Å². The molecular weight excluding hydrogens is 404 g/mol. The SMILES string of the molecule is Cc1cc(C)n(-c2nncn2NC(=O)c2cc(-c3ccccc3)nn2-c2ccccc2)n1. The van der Waals surface area contributed by atoms with Crippen LogP contribution in [0.3, 0.4) is 0 Å². The van der Waals surface area contributed by atoms with E-state index in [-0.39, 0.29) is 5.91 Å². The van der Waals surface area contributed by atoms with E-state index in [4.69, 9.17) is 5.10 Å². The maximum absolute atomic E-state index is 13.3. The normalized spacial score (nSPS) is 10.9. The van der Waals surface area contributed by atoms with Crippen LogP contribution < -0.4 is 5.43 Å². The monoisotopic (exact) mass is 424 g/mol. The Hall–Kier alpha value is -4.53. The number of aromatic nitrogens is 7. The zero-order chi connectivity index (χ0) is 22.1. The van der Waals surface area contributed by atoms with Gasteiger partial charge in [0.15, 0.2) is 0 Å². The van der Waals surface area contributed by atoms with E-state index in [1.54, 1.807) is 15.4 Å². The number of amides is 1. The first-order valence-electron chi connectivity index (χ1n) is 10.1. The quantitative estimate of drug-likeness (QED) is 0.467. The zero-order valence-corrected chi connectivity index (χ0v) is 17.5. The molecule has 5 rings (SSSR count). The molecule has 0 atom stereocenters. The average Bonchev–Trinajstić information content (AvgIpc) is 3.53. The average molecular weight is 424 g/mol. The third-order valence-corrected chi connectivity index (χ3v) is 4.96. The minimum Gasteiger partial charge on any atom is -0.266 e. The molecule has 0 aliphatic rings. The van der Waals surface area contributed by atoms with Crippen LogP contribution in [-0.2, 0) is 0 Å². The van der Waals surface area contributed by atoms with Crippen molar-refractivity contribution in [2.45, 2.75) is 13.8 Å². The van der Waals surface area contributed by atoms with Crippen molar-refractivity contribution in [3.63, 3.8) is 0 Å². The maximum Gasteiger partial charge on any atom is 0.288 e. The summed E-state index contributed by atoms with van der Waals surface area (Å²) < 4.78 is 4.71. The molecule has 1 amide bonds. The van der Waals surface area contributed by atoms with Gasteiger partial charge in [0, 0.05) is 11.3 Å². The fourth-order valence-corrected chi connectivity index (χ4v) is 3.51. The summed E-state index contributed by atoms with van der Waals surface area (Å²) >= 11 is 0. The van der Waals surface area contributed by atoms with Crippen LogP contribution in [0.2, 0.25) is 0 Å². The number of nitrogens with one attached hydrogen (secondary N) is 1. The second-order valence-electron chi connectivity index (χ2n) is 7.31. The number of aryl methyl sites for hydroxylation is 2. The zero-order valence-electron chi connectivity index (χ0n) is 17.5. The minimum absolute atomic E-state index is 0.355. The van der Waals surface area contributed by atoms with Crippen LogP contribution in [0.4, 0.5) is 0 Å². The number of para-hydroxylation sites is 1. The number of hydrogen-bond acceptors (Lipinski definition) is 5. The van der Waals surface area contributed by atoms with Crippen LogP contribution in [0.15, 0.2) is 79.1 Å². The highest BCUT2D eigenvalue weighted by atomic mass is 16.2. The molecule has 0 saturated heterocycles. The third kappa shape index (κ3) is 3.56. The number of benzene rings is 2. The summed E-state index contributed by atoms with van der Waals surface area (Å²) in [5.41, 5.74) is 7.35. The van der Waals surface area contributed by atoms with Gasteiger partial charge in [-0.25, -0.2) is 14.0 Å². The van der Waals surface area contributed by atoms with Gasteiger partial charge < -0.3 is 0 Å². The fraction of sp³-hybridized carbons (Fsp3) is 0.0870. The Morgan fingerprint density at radius 1 is 0.875 bits per heavy atom. The maximum atomic E-state index is 13.3. The van der Waals surface area contributed by atoms with Crippen LogP contribution >= 0.6 is 0 Å². The van der Waals surface area contributed by atoms with Gasteiger partial charge in [-0.1, -0.05) is 48.5 Å². The molecule has 3 heterocycles. The molecule has 0 saturated carbocycles. The van der Waals surface area contributed by atoms with Gasteiger partial charge in [0.25, 0.3) is 11.9 Å². The number of carbonyl (C=O) groups is 1. The molecule has 2 aromatic carbocycles. The van der Waals surface area contributed by atoms with E-state index in [1.165, 1.54) is 11.0 Å². The Labute approximate surface area is 183 Å². The smallest absolute Gasteiger partial charge is 0.266 e. The van der Waals surface area contributed by atoms with E-state index >= 15 is 0 Å². The summed E-state index contributed by atoms with van der Waals surface area (Å²) in [5, 5.41) is 17.2. The summed E-state index contributed by atoms with van der Waals surface area (Å²) in [6.45, 7) is 3.81. The highest BCUT2D eigenvalue weighted by molar-refractivity contribution is 6.00. The van der Waals surface area contributed by atoms with Gasteiger partial charge in [-0.05, 0) is 38.1 Å². The summed E-state index contributed by atoms with van der Waals surface area (Å²) in [5.74, 6) is 0.0316. The van der Waals surface area contributed by atoms with Crippen LogP contribution in [0.25, 0.3) is 22.9 Å². The van der Waals surface area contributed by atoms with E-state index in [1.807, 2.05) is 80.6 Å². The van der Waals surface area contributed by atoms with Gasteiger partial charge >= 0.3 is 0 Å². The highest BCUT2D eigenvalue weighted by Gasteiger charge is 2.20. The van der Waals surface area contributed by atoms with E-state index in [2.05, 4.69) is 20.7 Å². The van der Waals surface area contributed by atoms with Crippen molar-refractivity contribution < 1.29 is 4.79 Å². The summed E-state index contributed by atoms with van der Waals surface area (Å²) in [7, 11) is 0. The first kappa shape index (κ1) is 19.4. The van der Waals surface area contributed by atoms with Gasteiger partial charge in [0.2, 0.25) is 0 Å². The second kappa shape index (κ2) is 7.95. The molecule has 0 unspecified atom stereocenters. The molecule has 9 heteroatoms. The Morgan fingerprint density at radius 2 is 1.59 bits per heavy atom. The summed E-state index contributed by atoms with van der Waals surface area (Å²) in [4.78, 5) is 13.3. The fourth-order valence-electron chi connectivity index (χ4n) is 3.51. The van der Waals surface area contributed by atoms with Crippen molar-refractivity contribution in [2.24, 2.45) is 0 Å². The molecular formula is C23H20N8O. The van der Waals surface area contributed by atoms with Crippen molar-refractivity contribution in [3.8, 4) is 22.9 Å². The van der Waals surface area contributed by atoms with Crippen LogP contribution in [-0.4, -0.2) is 40.3 Å². The lowest BCUT2D eigenvalue weighted by Crippen LogP contribution is -2.27. The van der Waals surface area contributed by atoms with Gasteiger partial charge in [0.05, 0.1) is 17.1 Å². The predicted octanol–water partition coefficient (Wildman–Crippen LogP) is 3.32. The van der Waals surface area contributed by atoms with Crippen LogP contribution in [0.1, 0.15) is 21.9 Å². The first-order valence-corrected chi connectivity index (χ1v) is 10.1. The molecule has 158 valence electrons. The van der Waals surface area contributed by atoms with Crippen molar-refractivity contribution in [3.05, 3.63) is 96.2 Å². The molecule has 0 radical (unpaired) electrons. The number of hydrogen-bond donors (Lipinski definition) is 1. The van der Waals surface area contributed by atoms with Gasteiger partial charge in [0.1, 0.15) is 12.0 Å². The summed E-state index contributed by atoms with van der Waals surface area (Å²) in [6.07, 6.45) is 1.44. The van der Waals surface area contributed by atoms with Gasteiger partial charge in [-0.2, -0.15) is 10.2 Å². The number of carbonyl (C=O) groups excluding carboxylic acids is 1. The number of nitrogens with zero attached hydrogens (tertiary/aromatic N) is 7. The Bertz CT molecular complexity index is 1380. The van der Waals surface area contributed by atoms with E-state index in [0.717, 1.165) is 22.6 Å². The van der Waals surface area contributed by atoms with E-state index < -0.39 is 0 Å². The lowest BCUT2D eigenvalue weighted by Gasteiger charge is -2.10. The molecule has 0 bridgehead atoms. The van der Waals surface area contributed by atoms with E-state index in [0.29, 0.717) is 17.3 Å². The van der Waals surface area contributed by atoms with Crippen molar-refractivity contribution >= 4 is 5.91 Å². The second-order valence-corrected chi connectivity index (χ2v) is 7.31. The highest BCUT2D eigenvalue weighted by Crippen LogP contribution is 2.22. The summed E-state index contributed by atoms with van der Waals surface area (Å²) in [6, 6.07) is 23.0. The molecule has 0 fully saturated rings. The van der Waals surface area contributed by atoms with Gasteiger partial charge in [-0.3, -0.25) is 10.2 Å². The lowest BCUT2D eigenvalue weighted by atomic mass is 10.1. The largest absolute Gasteiger partial charge is 0.288 e. The predicted molar refractivity (Wildman–Crippen MR) is 119 cm³/mol. The minimum atomic E-state index is -0.355. The Balaban J connectivity index is 1.54. The van der Waals surface area contributed by atoms with Crippen molar-refractivity contribution in [2.75, 3.05) is 5.43 Å². The molecule has 5 aromatic rings. The first-order chi connectivity index (χ1) is 15.6. The number of rotatable bonds is 5. The third-order valence-electron chi connectivity index (χ3n) is 4.96. The Kier molecular flexibility index (Phi) is 4.83. The standard InChI is InChI=1S/C23H20N8O/c1-16-13-17(2)30(26-16)23-25-24-15-29(23)28-22(32)21-14-20(18-9-5-3-6-10-18)27-31(21)19-11-7-4-8-12-19/h3-15H,1-2H3,(H,28,32). The molecule has 32 heavy (non-hydrogen) atoms. The molecule has 0 spiro atoms. The Morgan fingerprint density at radius 3 is 2.28 bits per heavy atom. The van der Waals surface area contributed by atoms with Crippen LogP contribution in [0.5, 0.6) is 0 Å². The lowest BCUT2D eigenvalue weighted by molar-refractivity contribution is 0.1000. The molecule has 1 N–H and O–H groups in total. The van der Waals surface area contributed by atoms with Gasteiger partial charge in [-0.15, -0.1) is 10.2 Å².